The van der Waals surface area contributed by atoms with Crippen LogP contribution in [0.4, 0.5) is 0 Å². The van der Waals surface area contributed by atoms with Gasteiger partial charge in [-0.3, -0.25) is 0 Å². The van der Waals surface area contributed by atoms with Crippen molar-refractivity contribution in [3.05, 3.63) is 16.6 Å². The van der Waals surface area contributed by atoms with Crippen molar-refractivity contribution in [2.45, 2.75) is 6.61 Å². The van der Waals surface area contributed by atoms with Crippen LogP contribution in [0.1, 0.15) is 5.69 Å². The van der Waals surface area contributed by atoms with Gasteiger partial charge in [0.2, 0.25) is 0 Å². The van der Waals surface area contributed by atoms with Crippen LogP contribution in [0.25, 0.3) is 0 Å². The number of thiazole rings is 1. The van der Waals surface area contributed by atoms with Crippen molar-refractivity contribution in [3.63, 3.8) is 0 Å². The lowest BCUT2D eigenvalue weighted by Gasteiger charge is -1.99. The fourth-order valence-corrected chi connectivity index (χ4v) is 1.17. The molecule has 0 aliphatic rings. The van der Waals surface area contributed by atoms with Crippen LogP contribution in [0, 0.1) is 0 Å². The summed E-state index contributed by atoms with van der Waals surface area (Å²) in [6, 6.07) is 0. The summed E-state index contributed by atoms with van der Waals surface area (Å²) < 4.78 is 10.1. The lowest BCUT2D eigenvalue weighted by atomic mass is 10.5. The van der Waals surface area contributed by atoms with E-state index in [4.69, 9.17) is 9.47 Å². The van der Waals surface area contributed by atoms with Crippen LogP contribution >= 0.6 is 11.3 Å². The molecule has 11 heavy (non-hydrogen) atoms. The van der Waals surface area contributed by atoms with E-state index in [9.17, 15) is 0 Å². The van der Waals surface area contributed by atoms with Crippen molar-refractivity contribution in [2.75, 3.05) is 20.3 Å². The minimum Gasteiger partial charge on any atom is -0.382 e. The van der Waals surface area contributed by atoms with Crippen LogP contribution in [0.3, 0.4) is 0 Å². The average molecular weight is 173 g/mol. The van der Waals surface area contributed by atoms with Gasteiger partial charge < -0.3 is 9.47 Å². The Kier molecular flexibility index (Phi) is 4.11. The summed E-state index contributed by atoms with van der Waals surface area (Å²) in [6.45, 7) is 1.87. The molecule has 0 radical (unpaired) electrons. The first-order valence-electron chi connectivity index (χ1n) is 3.37. The Morgan fingerprint density at radius 1 is 1.55 bits per heavy atom. The molecule has 0 amide bonds. The first-order valence-corrected chi connectivity index (χ1v) is 4.31. The number of rotatable bonds is 5. The Hall–Kier alpha value is -0.450. The second kappa shape index (κ2) is 5.23. The molecule has 1 heterocycles. The second-order valence-corrected chi connectivity index (χ2v) is 2.74. The predicted octanol–water partition coefficient (Wildman–Crippen LogP) is 1.31. The molecule has 0 aliphatic carbocycles. The predicted molar refractivity (Wildman–Crippen MR) is 43.6 cm³/mol. The van der Waals surface area contributed by atoms with E-state index < -0.39 is 0 Å². The Labute approximate surface area is 70.0 Å². The van der Waals surface area contributed by atoms with Gasteiger partial charge in [-0.05, 0) is 0 Å². The minimum absolute atomic E-state index is 0.590. The Bertz CT molecular complexity index is 177. The molecule has 4 heteroatoms. The third-order valence-corrected chi connectivity index (χ3v) is 1.80. The third-order valence-electron chi connectivity index (χ3n) is 1.17. The maximum Gasteiger partial charge on any atom is 0.0897 e. The summed E-state index contributed by atoms with van der Waals surface area (Å²) in [5, 5.41) is 1.98. The van der Waals surface area contributed by atoms with E-state index in [0.717, 1.165) is 5.69 Å². The van der Waals surface area contributed by atoms with Gasteiger partial charge in [0.25, 0.3) is 0 Å². The fourth-order valence-electron chi connectivity index (χ4n) is 0.628. The highest BCUT2D eigenvalue weighted by Gasteiger charge is 1.93. The minimum atomic E-state index is 0.590. The van der Waals surface area contributed by atoms with Crippen LogP contribution in [-0.2, 0) is 16.1 Å². The molecule has 0 bridgehead atoms. The molecule has 1 rings (SSSR count). The highest BCUT2D eigenvalue weighted by molar-refractivity contribution is 7.07. The molecule has 1 aromatic rings. The van der Waals surface area contributed by atoms with E-state index in [0.29, 0.717) is 19.8 Å². The van der Waals surface area contributed by atoms with Crippen LogP contribution in [0.5, 0.6) is 0 Å². The SMILES string of the molecule is COCCOCc1cscn1. The summed E-state index contributed by atoms with van der Waals surface area (Å²) in [7, 11) is 1.66. The standard InChI is InChI=1S/C7H11NO2S/c1-9-2-3-10-4-7-5-11-6-8-7/h5-6H,2-4H2,1H3. The maximum atomic E-state index is 5.24. The molecule has 0 aromatic carbocycles. The molecule has 0 spiro atoms. The van der Waals surface area contributed by atoms with Crippen molar-refractivity contribution in [2.24, 2.45) is 0 Å². The van der Waals surface area contributed by atoms with Crippen molar-refractivity contribution in [1.29, 1.82) is 0 Å². The number of methoxy groups -OCH3 is 1. The van der Waals surface area contributed by atoms with Gasteiger partial charge in [-0.1, -0.05) is 0 Å². The number of ether oxygens (including phenoxy) is 2. The molecule has 0 aliphatic heterocycles. The van der Waals surface area contributed by atoms with E-state index in [1.165, 1.54) is 0 Å². The number of hydrogen-bond donors (Lipinski definition) is 0. The van der Waals surface area contributed by atoms with Crippen LogP contribution < -0.4 is 0 Å². The van der Waals surface area contributed by atoms with Gasteiger partial charge in [0.05, 0.1) is 31.0 Å². The quantitative estimate of drug-likeness (QED) is 0.629. The molecule has 0 saturated heterocycles. The van der Waals surface area contributed by atoms with Gasteiger partial charge in [-0.25, -0.2) is 4.98 Å². The molecule has 0 N–H and O–H groups in total. The summed E-state index contributed by atoms with van der Waals surface area (Å²) in [5.74, 6) is 0. The van der Waals surface area contributed by atoms with Gasteiger partial charge in [-0.15, -0.1) is 11.3 Å². The van der Waals surface area contributed by atoms with Gasteiger partial charge in [0.1, 0.15) is 0 Å². The number of nitrogens with zero attached hydrogens (tertiary/aromatic N) is 1. The zero-order valence-electron chi connectivity index (χ0n) is 6.45. The van der Waals surface area contributed by atoms with Crippen molar-refractivity contribution in [1.82, 2.24) is 4.98 Å². The van der Waals surface area contributed by atoms with Crippen molar-refractivity contribution < 1.29 is 9.47 Å². The molecule has 1 aromatic heterocycles. The monoisotopic (exact) mass is 173 g/mol. The lowest BCUT2D eigenvalue weighted by Crippen LogP contribution is -2.01. The van der Waals surface area contributed by atoms with Crippen LogP contribution in [0.15, 0.2) is 10.9 Å². The molecule has 0 saturated carbocycles. The topological polar surface area (TPSA) is 31.4 Å². The molecule has 0 atom stereocenters. The first kappa shape index (κ1) is 8.64. The lowest BCUT2D eigenvalue weighted by molar-refractivity contribution is 0.0604. The molecule has 3 nitrogen and oxygen atoms in total. The molecule has 62 valence electrons. The molecular formula is C7H11NO2S. The normalized spacial score (nSPS) is 10.3. The largest absolute Gasteiger partial charge is 0.382 e. The van der Waals surface area contributed by atoms with Crippen LogP contribution in [0.2, 0.25) is 0 Å². The van der Waals surface area contributed by atoms with E-state index in [1.54, 1.807) is 24.0 Å². The Balaban J connectivity index is 2.04. The summed E-state index contributed by atoms with van der Waals surface area (Å²) in [4.78, 5) is 4.07. The molecule has 0 unspecified atom stereocenters. The maximum absolute atomic E-state index is 5.24. The smallest absolute Gasteiger partial charge is 0.0897 e. The van der Waals surface area contributed by atoms with E-state index in [2.05, 4.69) is 4.98 Å². The molecular weight excluding hydrogens is 162 g/mol. The van der Waals surface area contributed by atoms with Gasteiger partial charge in [-0.2, -0.15) is 0 Å². The summed E-state index contributed by atoms with van der Waals surface area (Å²) in [5.41, 5.74) is 2.79. The highest BCUT2D eigenvalue weighted by atomic mass is 32.1. The molecule has 0 fully saturated rings. The summed E-state index contributed by atoms with van der Waals surface area (Å²) >= 11 is 1.58. The Morgan fingerprint density at radius 2 is 2.45 bits per heavy atom. The van der Waals surface area contributed by atoms with E-state index in [1.807, 2.05) is 5.38 Å². The van der Waals surface area contributed by atoms with Gasteiger partial charge in [0.15, 0.2) is 0 Å². The third kappa shape index (κ3) is 3.46. The number of hydrogen-bond acceptors (Lipinski definition) is 4. The zero-order chi connectivity index (χ0) is 7.94. The zero-order valence-corrected chi connectivity index (χ0v) is 7.26. The first-order chi connectivity index (χ1) is 5.43. The van der Waals surface area contributed by atoms with Gasteiger partial charge >= 0.3 is 0 Å². The highest BCUT2D eigenvalue weighted by Crippen LogP contribution is 2.01. The van der Waals surface area contributed by atoms with Gasteiger partial charge in [0, 0.05) is 12.5 Å². The van der Waals surface area contributed by atoms with Crippen molar-refractivity contribution in [3.8, 4) is 0 Å². The second-order valence-electron chi connectivity index (χ2n) is 2.03. The van der Waals surface area contributed by atoms with E-state index in [-0.39, 0.29) is 0 Å². The van der Waals surface area contributed by atoms with Crippen LogP contribution in [-0.4, -0.2) is 25.3 Å². The summed E-state index contributed by atoms with van der Waals surface area (Å²) in [6.07, 6.45) is 0. The Morgan fingerprint density at radius 3 is 3.09 bits per heavy atom. The fraction of sp³-hybridized carbons (Fsp3) is 0.571. The average Bonchev–Trinajstić information content (AvgIpc) is 2.50. The van der Waals surface area contributed by atoms with E-state index >= 15 is 0 Å². The number of aromatic nitrogens is 1. The van der Waals surface area contributed by atoms with Crippen molar-refractivity contribution >= 4 is 11.3 Å².